The van der Waals surface area contributed by atoms with Gasteiger partial charge in [0.2, 0.25) is 5.91 Å². The zero-order chi connectivity index (χ0) is 11.4. The average molecular weight is 204 g/mol. The first kappa shape index (κ1) is 11.0. The number of ether oxygens (including phenoxy) is 1. The van der Waals surface area contributed by atoms with E-state index in [1.54, 1.807) is 18.2 Å². The predicted octanol–water partition coefficient (Wildman–Crippen LogP) is 1.73. The molecule has 1 aromatic carbocycles. The Morgan fingerprint density at radius 2 is 2.20 bits per heavy atom. The van der Waals surface area contributed by atoms with Gasteiger partial charge < -0.3 is 10.5 Å². The molecular formula is C11H12N2O2. The number of rotatable bonds is 4. The lowest BCUT2D eigenvalue weighted by molar-refractivity contribution is 0.100. The Morgan fingerprint density at radius 1 is 1.53 bits per heavy atom. The molecule has 4 heteroatoms. The number of carbonyl (C=O) groups excluding carboxylic acids is 1. The minimum atomic E-state index is -0.504. The SMILES string of the molecule is C=Nc1ccc(C(N)=O)cc1C(=C)OC. The van der Waals surface area contributed by atoms with Crippen LogP contribution in [0.1, 0.15) is 15.9 Å². The molecule has 0 saturated carbocycles. The third kappa shape index (κ3) is 2.22. The zero-order valence-electron chi connectivity index (χ0n) is 8.49. The van der Waals surface area contributed by atoms with Crippen molar-refractivity contribution in [1.29, 1.82) is 0 Å². The Kier molecular flexibility index (Phi) is 3.23. The average Bonchev–Trinajstić information content (AvgIpc) is 2.27. The van der Waals surface area contributed by atoms with Crippen molar-refractivity contribution in [2.24, 2.45) is 10.7 Å². The van der Waals surface area contributed by atoms with Gasteiger partial charge in [0.25, 0.3) is 0 Å². The molecule has 0 aromatic heterocycles. The fraction of sp³-hybridized carbons (Fsp3) is 0.0909. The zero-order valence-corrected chi connectivity index (χ0v) is 8.49. The maximum absolute atomic E-state index is 11.0. The third-order valence-corrected chi connectivity index (χ3v) is 2.00. The first-order valence-corrected chi connectivity index (χ1v) is 4.24. The minimum absolute atomic E-state index is 0.385. The van der Waals surface area contributed by atoms with Crippen LogP contribution in [-0.2, 0) is 4.74 Å². The van der Waals surface area contributed by atoms with Crippen LogP contribution in [0, 0.1) is 0 Å². The third-order valence-electron chi connectivity index (χ3n) is 2.00. The van der Waals surface area contributed by atoms with Crippen LogP contribution in [-0.4, -0.2) is 19.7 Å². The molecule has 78 valence electrons. The van der Waals surface area contributed by atoms with Gasteiger partial charge in [-0.15, -0.1) is 0 Å². The Hall–Kier alpha value is -2.10. The van der Waals surface area contributed by atoms with Gasteiger partial charge in [0, 0.05) is 11.1 Å². The summed E-state index contributed by atoms with van der Waals surface area (Å²) in [6, 6.07) is 4.81. The highest BCUT2D eigenvalue weighted by molar-refractivity contribution is 5.94. The molecule has 0 fully saturated rings. The van der Waals surface area contributed by atoms with Gasteiger partial charge in [0.1, 0.15) is 5.76 Å². The Bertz CT molecular complexity index is 425. The molecular weight excluding hydrogens is 192 g/mol. The second-order valence-electron chi connectivity index (χ2n) is 2.88. The summed E-state index contributed by atoms with van der Waals surface area (Å²) in [5, 5.41) is 0. The van der Waals surface area contributed by atoms with Crippen molar-refractivity contribution < 1.29 is 9.53 Å². The molecule has 0 heterocycles. The van der Waals surface area contributed by atoms with Gasteiger partial charge in [-0.2, -0.15) is 0 Å². The summed E-state index contributed by atoms with van der Waals surface area (Å²) in [7, 11) is 1.49. The van der Waals surface area contributed by atoms with E-state index >= 15 is 0 Å². The van der Waals surface area contributed by atoms with Crippen molar-refractivity contribution in [1.82, 2.24) is 0 Å². The van der Waals surface area contributed by atoms with Gasteiger partial charge in [-0.1, -0.05) is 6.58 Å². The summed E-state index contributed by atoms with van der Waals surface area (Å²) in [5.41, 5.74) is 6.76. The van der Waals surface area contributed by atoms with Crippen molar-refractivity contribution in [3.8, 4) is 0 Å². The second-order valence-corrected chi connectivity index (χ2v) is 2.88. The number of hydrogen-bond donors (Lipinski definition) is 1. The Labute approximate surface area is 88.1 Å². The van der Waals surface area contributed by atoms with E-state index in [0.29, 0.717) is 22.6 Å². The molecule has 0 radical (unpaired) electrons. The fourth-order valence-corrected chi connectivity index (χ4v) is 1.16. The maximum atomic E-state index is 11.0. The maximum Gasteiger partial charge on any atom is 0.248 e. The summed E-state index contributed by atoms with van der Waals surface area (Å²) in [5.74, 6) is -0.0868. The molecule has 0 aliphatic rings. The van der Waals surface area contributed by atoms with Crippen LogP contribution >= 0.6 is 0 Å². The molecule has 1 amide bonds. The standard InChI is InChI=1S/C11H12N2O2/c1-7(15-3)9-6-8(11(12)14)4-5-10(9)13-2/h4-6H,1-2H2,3H3,(H2,12,14). The van der Waals surface area contributed by atoms with Gasteiger partial charge in [0.05, 0.1) is 12.8 Å². The van der Waals surface area contributed by atoms with Crippen molar-refractivity contribution in [3.05, 3.63) is 35.9 Å². The van der Waals surface area contributed by atoms with Gasteiger partial charge in [0.15, 0.2) is 0 Å². The number of primary amides is 1. The normalized spacial score (nSPS) is 9.40. The fourth-order valence-electron chi connectivity index (χ4n) is 1.16. The van der Waals surface area contributed by atoms with Gasteiger partial charge in [-0.3, -0.25) is 9.79 Å². The smallest absolute Gasteiger partial charge is 0.248 e. The number of nitrogens with zero attached hydrogens (tertiary/aromatic N) is 1. The molecule has 0 atom stereocenters. The van der Waals surface area contributed by atoms with Crippen LogP contribution in [0.2, 0.25) is 0 Å². The number of nitrogens with two attached hydrogens (primary N) is 1. The molecule has 4 nitrogen and oxygen atoms in total. The van der Waals surface area contributed by atoms with Crippen LogP contribution in [0.25, 0.3) is 5.76 Å². The summed E-state index contributed by atoms with van der Waals surface area (Å²) in [4.78, 5) is 14.8. The van der Waals surface area contributed by atoms with Gasteiger partial charge in [-0.05, 0) is 24.9 Å². The number of aliphatic imine (C=N–C) groups is 1. The molecule has 2 N–H and O–H groups in total. The summed E-state index contributed by atoms with van der Waals surface area (Å²) >= 11 is 0. The number of hydrogen-bond acceptors (Lipinski definition) is 3. The molecule has 0 spiro atoms. The van der Waals surface area contributed by atoms with Crippen molar-refractivity contribution >= 4 is 24.1 Å². The molecule has 0 aliphatic carbocycles. The van der Waals surface area contributed by atoms with E-state index in [4.69, 9.17) is 10.5 Å². The molecule has 0 bridgehead atoms. The Morgan fingerprint density at radius 3 is 2.67 bits per heavy atom. The van der Waals surface area contributed by atoms with Gasteiger partial charge >= 0.3 is 0 Å². The predicted molar refractivity (Wildman–Crippen MR) is 60.2 cm³/mol. The van der Waals surface area contributed by atoms with Crippen molar-refractivity contribution in [3.63, 3.8) is 0 Å². The molecule has 0 saturated heterocycles. The van der Waals surface area contributed by atoms with E-state index in [1.165, 1.54) is 7.11 Å². The van der Waals surface area contributed by atoms with E-state index in [2.05, 4.69) is 18.3 Å². The topological polar surface area (TPSA) is 64.7 Å². The minimum Gasteiger partial charge on any atom is -0.497 e. The highest BCUT2D eigenvalue weighted by Crippen LogP contribution is 2.26. The monoisotopic (exact) mass is 204 g/mol. The van der Waals surface area contributed by atoms with Crippen molar-refractivity contribution in [2.75, 3.05) is 7.11 Å². The van der Waals surface area contributed by atoms with E-state index < -0.39 is 5.91 Å². The lowest BCUT2D eigenvalue weighted by atomic mass is 10.1. The number of carbonyl (C=O) groups is 1. The molecule has 0 unspecified atom stereocenters. The second kappa shape index (κ2) is 4.41. The van der Waals surface area contributed by atoms with Crippen LogP contribution in [0.4, 0.5) is 5.69 Å². The van der Waals surface area contributed by atoms with E-state index in [-0.39, 0.29) is 0 Å². The summed E-state index contributed by atoms with van der Waals surface area (Å²) in [6.45, 7) is 7.11. The number of amides is 1. The first-order chi connectivity index (χ1) is 7.10. The lowest BCUT2D eigenvalue weighted by Crippen LogP contribution is -2.11. The van der Waals surface area contributed by atoms with Crippen LogP contribution in [0.5, 0.6) is 0 Å². The Balaban J connectivity index is 3.31. The van der Waals surface area contributed by atoms with Crippen molar-refractivity contribution in [2.45, 2.75) is 0 Å². The molecule has 1 aromatic rings. The van der Waals surface area contributed by atoms with Gasteiger partial charge in [-0.25, -0.2) is 0 Å². The van der Waals surface area contributed by atoms with E-state index in [1.807, 2.05) is 0 Å². The van der Waals surface area contributed by atoms with Crippen LogP contribution in [0.15, 0.2) is 29.8 Å². The number of benzene rings is 1. The molecule has 0 aliphatic heterocycles. The quantitative estimate of drug-likeness (QED) is 0.599. The summed E-state index contributed by atoms with van der Waals surface area (Å²) in [6.07, 6.45) is 0. The highest BCUT2D eigenvalue weighted by Gasteiger charge is 2.09. The number of methoxy groups -OCH3 is 1. The molecule has 1 rings (SSSR count). The summed E-state index contributed by atoms with van der Waals surface area (Å²) < 4.78 is 4.98. The lowest BCUT2D eigenvalue weighted by Gasteiger charge is -2.08. The van der Waals surface area contributed by atoms with E-state index in [9.17, 15) is 4.79 Å². The highest BCUT2D eigenvalue weighted by atomic mass is 16.5. The largest absolute Gasteiger partial charge is 0.497 e. The first-order valence-electron chi connectivity index (χ1n) is 4.24. The molecule has 15 heavy (non-hydrogen) atoms. The van der Waals surface area contributed by atoms with Crippen LogP contribution < -0.4 is 5.73 Å². The van der Waals surface area contributed by atoms with Crippen LogP contribution in [0.3, 0.4) is 0 Å². The van der Waals surface area contributed by atoms with E-state index in [0.717, 1.165) is 0 Å².